The molecule has 2 rings (SSSR count). The van der Waals surface area contributed by atoms with Crippen LogP contribution in [0.15, 0.2) is 36.7 Å². The molecule has 0 bridgehead atoms. The van der Waals surface area contributed by atoms with E-state index in [9.17, 15) is 4.39 Å². The van der Waals surface area contributed by atoms with Crippen LogP contribution in [0.5, 0.6) is 0 Å². The van der Waals surface area contributed by atoms with Crippen molar-refractivity contribution in [2.45, 2.75) is 13.1 Å². The number of aromatic nitrogens is 2. The largest absolute Gasteiger partial charge is 0.339 e. The minimum absolute atomic E-state index is 0.416. The van der Waals surface area contributed by atoms with Gasteiger partial charge in [0.25, 0.3) is 0 Å². The molecular formula is C12H11FIN3. The van der Waals surface area contributed by atoms with Crippen molar-refractivity contribution < 1.29 is 4.39 Å². The summed E-state index contributed by atoms with van der Waals surface area (Å²) in [6, 6.07) is 9.64. The molecule has 88 valence electrons. The van der Waals surface area contributed by atoms with Gasteiger partial charge >= 0.3 is 0 Å². The Hall–Kier alpha value is -1.24. The number of alkyl halides is 1. The lowest BCUT2D eigenvalue weighted by molar-refractivity contribution is 0.364. The standard InChI is InChI=1S/C12H11FIN3/c1-8(13)11-10(14)12(16-7-15-11)17-9-5-3-2-4-6-9/h2-8H,1H3,(H,15,16,17). The van der Waals surface area contributed by atoms with E-state index in [4.69, 9.17) is 0 Å². The number of para-hydroxylation sites is 1. The molecule has 1 unspecified atom stereocenters. The first-order valence-electron chi connectivity index (χ1n) is 5.15. The summed E-state index contributed by atoms with van der Waals surface area (Å²) in [6.07, 6.45) is 0.278. The highest BCUT2D eigenvalue weighted by atomic mass is 127. The average Bonchev–Trinajstić information content (AvgIpc) is 2.33. The van der Waals surface area contributed by atoms with Gasteiger partial charge in [-0.3, -0.25) is 0 Å². The molecule has 17 heavy (non-hydrogen) atoms. The van der Waals surface area contributed by atoms with Crippen LogP contribution in [0.3, 0.4) is 0 Å². The van der Waals surface area contributed by atoms with Crippen LogP contribution in [-0.2, 0) is 0 Å². The van der Waals surface area contributed by atoms with Crippen molar-refractivity contribution in [2.75, 3.05) is 5.32 Å². The number of nitrogens with zero attached hydrogens (tertiary/aromatic N) is 2. The lowest BCUT2D eigenvalue weighted by atomic mass is 10.3. The first-order valence-corrected chi connectivity index (χ1v) is 6.23. The minimum atomic E-state index is -1.10. The molecule has 0 saturated heterocycles. The number of halogens is 2. The fourth-order valence-electron chi connectivity index (χ4n) is 1.41. The number of nitrogens with one attached hydrogen (secondary N) is 1. The summed E-state index contributed by atoms with van der Waals surface area (Å²) in [5.41, 5.74) is 1.33. The number of hydrogen-bond acceptors (Lipinski definition) is 3. The first-order chi connectivity index (χ1) is 8.18. The Morgan fingerprint density at radius 2 is 1.94 bits per heavy atom. The summed E-state index contributed by atoms with van der Waals surface area (Å²) in [5.74, 6) is 0.631. The van der Waals surface area contributed by atoms with Crippen molar-refractivity contribution in [2.24, 2.45) is 0 Å². The molecule has 0 aliphatic carbocycles. The van der Waals surface area contributed by atoms with Crippen LogP contribution in [0.25, 0.3) is 0 Å². The van der Waals surface area contributed by atoms with Gasteiger partial charge in [0.05, 0.1) is 9.26 Å². The van der Waals surface area contributed by atoms with Crippen molar-refractivity contribution in [1.82, 2.24) is 9.97 Å². The van der Waals surface area contributed by atoms with E-state index in [-0.39, 0.29) is 0 Å². The van der Waals surface area contributed by atoms with Crippen molar-refractivity contribution >= 4 is 34.1 Å². The molecule has 1 atom stereocenters. The highest BCUT2D eigenvalue weighted by Crippen LogP contribution is 2.26. The molecule has 1 heterocycles. The summed E-state index contributed by atoms with van der Waals surface area (Å²) < 4.78 is 14.0. The molecule has 3 nitrogen and oxygen atoms in total. The van der Waals surface area contributed by atoms with Crippen LogP contribution in [-0.4, -0.2) is 9.97 Å². The van der Waals surface area contributed by atoms with E-state index in [2.05, 4.69) is 37.9 Å². The predicted octanol–water partition coefficient (Wildman–Crippen LogP) is 3.86. The monoisotopic (exact) mass is 343 g/mol. The van der Waals surface area contributed by atoms with Crippen LogP contribution in [0, 0.1) is 3.57 Å². The molecule has 5 heteroatoms. The van der Waals surface area contributed by atoms with Crippen molar-refractivity contribution in [3.8, 4) is 0 Å². The zero-order valence-corrected chi connectivity index (χ0v) is 11.3. The van der Waals surface area contributed by atoms with Gasteiger partial charge in [-0.05, 0) is 41.6 Å². The van der Waals surface area contributed by atoms with E-state index in [0.717, 1.165) is 5.69 Å². The van der Waals surface area contributed by atoms with Gasteiger partial charge in [0.2, 0.25) is 0 Å². The third kappa shape index (κ3) is 2.91. The minimum Gasteiger partial charge on any atom is -0.339 e. The maximum atomic E-state index is 13.3. The Bertz CT molecular complexity index is 502. The van der Waals surface area contributed by atoms with E-state index in [1.807, 2.05) is 30.3 Å². The van der Waals surface area contributed by atoms with Gasteiger partial charge in [0.1, 0.15) is 18.3 Å². The van der Waals surface area contributed by atoms with Crippen molar-refractivity contribution in [1.29, 1.82) is 0 Å². The molecule has 0 amide bonds. The molecule has 0 aliphatic heterocycles. The van der Waals surface area contributed by atoms with E-state index in [1.165, 1.54) is 13.3 Å². The maximum Gasteiger partial charge on any atom is 0.147 e. The second kappa shape index (κ2) is 5.39. The second-order valence-corrected chi connectivity index (χ2v) is 4.61. The highest BCUT2D eigenvalue weighted by molar-refractivity contribution is 14.1. The zero-order valence-electron chi connectivity index (χ0n) is 9.19. The van der Waals surface area contributed by atoms with Gasteiger partial charge in [-0.15, -0.1) is 0 Å². The van der Waals surface area contributed by atoms with Crippen LogP contribution >= 0.6 is 22.6 Å². The highest BCUT2D eigenvalue weighted by Gasteiger charge is 2.13. The number of anilines is 2. The Labute approximate surface area is 113 Å². The Kier molecular flexibility index (Phi) is 3.88. The lowest BCUT2D eigenvalue weighted by Crippen LogP contribution is -2.03. The summed E-state index contributed by atoms with van der Waals surface area (Å²) in [4.78, 5) is 8.07. The van der Waals surface area contributed by atoms with Crippen LogP contribution in [0.4, 0.5) is 15.9 Å². The topological polar surface area (TPSA) is 37.8 Å². The fraction of sp³-hybridized carbons (Fsp3) is 0.167. The molecule has 0 radical (unpaired) electrons. The molecular weight excluding hydrogens is 332 g/mol. The van der Waals surface area contributed by atoms with Crippen LogP contribution in [0.1, 0.15) is 18.8 Å². The molecule has 0 saturated carbocycles. The average molecular weight is 343 g/mol. The lowest BCUT2D eigenvalue weighted by Gasteiger charge is -2.10. The number of hydrogen-bond donors (Lipinski definition) is 1. The molecule has 1 N–H and O–H groups in total. The van der Waals surface area contributed by atoms with Gasteiger partial charge in [0.15, 0.2) is 0 Å². The molecule has 0 fully saturated rings. The Balaban J connectivity index is 2.31. The van der Waals surface area contributed by atoms with E-state index >= 15 is 0 Å². The summed E-state index contributed by atoms with van der Waals surface area (Å²) >= 11 is 2.06. The number of benzene rings is 1. The van der Waals surface area contributed by atoms with Gasteiger partial charge in [-0.1, -0.05) is 18.2 Å². The van der Waals surface area contributed by atoms with Crippen molar-refractivity contribution in [3.05, 3.63) is 45.9 Å². The van der Waals surface area contributed by atoms with E-state index in [1.54, 1.807) is 0 Å². The molecule has 0 spiro atoms. The fourth-order valence-corrected chi connectivity index (χ4v) is 2.25. The van der Waals surface area contributed by atoms with Gasteiger partial charge in [-0.25, -0.2) is 14.4 Å². The smallest absolute Gasteiger partial charge is 0.147 e. The number of rotatable bonds is 3. The third-order valence-corrected chi connectivity index (χ3v) is 3.29. The Morgan fingerprint density at radius 3 is 2.59 bits per heavy atom. The predicted molar refractivity (Wildman–Crippen MR) is 74.0 cm³/mol. The molecule has 1 aromatic carbocycles. The second-order valence-electron chi connectivity index (χ2n) is 3.53. The van der Waals surface area contributed by atoms with Gasteiger partial charge in [-0.2, -0.15) is 0 Å². The molecule has 0 aliphatic rings. The molecule has 1 aromatic heterocycles. The van der Waals surface area contributed by atoms with E-state index < -0.39 is 6.17 Å². The normalized spacial score (nSPS) is 12.2. The SMILES string of the molecule is CC(F)c1ncnc(Nc2ccccc2)c1I. The Morgan fingerprint density at radius 1 is 1.24 bits per heavy atom. The summed E-state index contributed by atoms with van der Waals surface area (Å²) in [6.45, 7) is 1.47. The van der Waals surface area contributed by atoms with Crippen LogP contribution < -0.4 is 5.32 Å². The van der Waals surface area contributed by atoms with Gasteiger partial charge < -0.3 is 5.32 Å². The van der Waals surface area contributed by atoms with E-state index in [0.29, 0.717) is 15.1 Å². The first kappa shape index (κ1) is 12.2. The van der Waals surface area contributed by atoms with Gasteiger partial charge in [0, 0.05) is 5.69 Å². The zero-order chi connectivity index (χ0) is 12.3. The third-order valence-electron chi connectivity index (χ3n) is 2.23. The molecule has 2 aromatic rings. The van der Waals surface area contributed by atoms with Crippen molar-refractivity contribution in [3.63, 3.8) is 0 Å². The maximum absolute atomic E-state index is 13.3. The van der Waals surface area contributed by atoms with Crippen LogP contribution in [0.2, 0.25) is 0 Å². The quantitative estimate of drug-likeness (QED) is 0.861. The summed E-state index contributed by atoms with van der Waals surface area (Å²) in [7, 11) is 0. The summed E-state index contributed by atoms with van der Waals surface area (Å²) in [5, 5.41) is 3.14.